The summed E-state index contributed by atoms with van der Waals surface area (Å²) in [6.45, 7) is 3.39. The van der Waals surface area contributed by atoms with Crippen LogP contribution in [0.2, 0.25) is 0 Å². The van der Waals surface area contributed by atoms with Crippen molar-refractivity contribution in [2.75, 3.05) is 31.9 Å². The lowest BCUT2D eigenvalue weighted by Crippen LogP contribution is -2.33. The molecule has 2 fully saturated rings. The third-order valence-corrected chi connectivity index (χ3v) is 5.58. The van der Waals surface area contributed by atoms with E-state index < -0.39 is 10.8 Å². The van der Waals surface area contributed by atoms with Crippen LogP contribution >= 0.6 is 11.8 Å². The average Bonchev–Trinajstić information content (AvgIpc) is 3.13. The molecule has 3 rings (SSSR count). The van der Waals surface area contributed by atoms with Gasteiger partial charge in [-0.1, -0.05) is 0 Å². The molecular weight excluding hydrogens is 332 g/mol. The van der Waals surface area contributed by atoms with E-state index >= 15 is 0 Å². The second-order valence-electron chi connectivity index (χ2n) is 6.07. The molecule has 1 aromatic carbocycles. The topological polar surface area (TPSA) is 119 Å². The van der Waals surface area contributed by atoms with Crippen molar-refractivity contribution in [2.45, 2.75) is 4.90 Å². The Kier molecular flexibility index (Phi) is 4.72. The summed E-state index contributed by atoms with van der Waals surface area (Å²) in [5, 5.41) is 14.5. The van der Waals surface area contributed by atoms with Gasteiger partial charge in [0.2, 0.25) is 11.8 Å². The number of carbonyl (C=O) groups is 2. The summed E-state index contributed by atoms with van der Waals surface area (Å²) in [7, 11) is 0. The number of benzene rings is 1. The summed E-state index contributed by atoms with van der Waals surface area (Å²) < 4.78 is 0. The number of fused-ring (bicyclic) bond motifs is 1. The van der Waals surface area contributed by atoms with Gasteiger partial charge >= 0.3 is 0 Å². The van der Waals surface area contributed by atoms with Gasteiger partial charge in [-0.3, -0.25) is 19.7 Å². The predicted molar refractivity (Wildman–Crippen MR) is 88.8 cm³/mol. The predicted octanol–water partition coefficient (Wildman–Crippen LogP) is 0.464. The summed E-state index contributed by atoms with van der Waals surface area (Å²) in [6, 6.07) is 4.06. The molecule has 2 amide bonds. The molecule has 128 valence electrons. The molecular formula is C15H18N4O4S. The van der Waals surface area contributed by atoms with Crippen LogP contribution in [-0.4, -0.2) is 53.6 Å². The molecule has 9 heteroatoms. The maximum atomic E-state index is 12.3. The van der Waals surface area contributed by atoms with E-state index in [4.69, 9.17) is 5.73 Å². The minimum atomic E-state index is -0.719. The third-order valence-electron chi connectivity index (χ3n) is 4.53. The number of nitrogens with two attached hydrogens (primary N) is 1. The highest BCUT2D eigenvalue weighted by Crippen LogP contribution is 2.31. The summed E-state index contributed by atoms with van der Waals surface area (Å²) in [5.74, 6) is 0.445. The van der Waals surface area contributed by atoms with Gasteiger partial charge in [0.05, 0.1) is 15.6 Å². The average molecular weight is 350 g/mol. The Balaban J connectivity index is 1.64. The first kappa shape index (κ1) is 16.7. The Hall–Kier alpha value is -2.13. The minimum absolute atomic E-state index is 0.0114. The van der Waals surface area contributed by atoms with Crippen LogP contribution in [0.15, 0.2) is 23.1 Å². The number of thioether (sulfide) groups is 1. The van der Waals surface area contributed by atoms with Crippen LogP contribution in [0.25, 0.3) is 0 Å². The molecule has 0 bridgehead atoms. The number of likely N-dealkylation sites (tertiary alicyclic amines) is 1. The van der Waals surface area contributed by atoms with Crippen molar-refractivity contribution in [3.8, 4) is 0 Å². The van der Waals surface area contributed by atoms with Crippen LogP contribution in [0.3, 0.4) is 0 Å². The first-order chi connectivity index (χ1) is 11.5. The third kappa shape index (κ3) is 3.36. The molecule has 2 atom stereocenters. The van der Waals surface area contributed by atoms with E-state index in [1.165, 1.54) is 12.1 Å². The Bertz CT molecular complexity index is 684. The minimum Gasteiger partial charge on any atom is -0.366 e. The highest BCUT2D eigenvalue weighted by atomic mass is 32.2. The fourth-order valence-electron chi connectivity index (χ4n) is 3.23. The lowest BCUT2D eigenvalue weighted by Gasteiger charge is -2.17. The van der Waals surface area contributed by atoms with Gasteiger partial charge in [0, 0.05) is 37.8 Å². The van der Waals surface area contributed by atoms with E-state index in [9.17, 15) is 19.7 Å². The number of amides is 2. The van der Waals surface area contributed by atoms with Crippen molar-refractivity contribution in [1.29, 1.82) is 0 Å². The zero-order valence-corrected chi connectivity index (χ0v) is 13.8. The van der Waals surface area contributed by atoms with Gasteiger partial charge in [-0.25, -0.2) is 0 Å². The van der Waals surface area contributed by atoms with Gasteiger partial charge in [-0.2, -0.15) is 0 Å². The van der Waals surface area contributed by atoms with Gasteiger partial charge in [0.15, 0.2) is 0 Å². The van der Waals surface area contributed by atoms with Crippen LogP contribution < -0.4 is 11.1 Å². The molecule has 0 radical (unpaired) electrons. The van der Waals surface area contributed by atoms with Crippen molar-refractivity contribution in [2.24, 2.45) is 17.6 Å². The lowest BCUT2D eigenvalue weighted by molar-refractivity contribution is -0.387. The van der Waals surface area contributed by atoms with Crippen LogP contribution in [0, 0.1) is 22.0 Å². The zero-order valence-electron chi connectivity index (χ0n) is 12.9. The number of carbonyl (C=O) groups excluding carboxylic acids is 2. The summed E-state index contributed by atoms with van der Waals surface area (Å²) in [5.41, 5.74) is 5.03. The molecule has 2 aliphatic rings. The number of nitro groups is 1. The van der Waals surface area contributed by atoms with Crippen LogP contribution in [-0.2, 0) is 4.79 Å². The second kappa shape index (κ2) is 6.78. The molecule has 2 aliphatic heterocycles. The van der Waals surface area contributed by atoms with Gasteiger partial charge in [0.1, 0.15) is 0 Å². The Morgan fingerprint density at radius 3 is 2.58 bits per heavy atom. The van der Waals surface area contributed by atoms with Gasteiger partial charge in [-0.05, 0) is 24.0 Å². The summed E-state index contributed by atoms with van der Waals surface area (Å²) >= 11 is 1.12. The zero-order chi connectivity index (χ0) is 17.3. The SMILES string of the molecule is NC(=O)c1ccc(SCC(=O)N2C[C@H]3CNC[C@H]3C2)c([N+](=O)[O-])c1. The number of rotatable bonds is 5. The molecule has 1 aromatic rings. The van der Waals surface area contributed by atoms with Crippen LogP contribution in [0.5, 0.6) is 0 Å². The molecule has 0 aliphatic carbocycles. The molecule has 2 heterocycles. The first-order valence-electron chi connectivity index (χ1n) is 7.65. The normalized spacial score (nSPS) is 22.4. The van der Waals surface area contributed by atoms with Gasteiger partial charge in [0.25, 0.3) is 5.69 Å². The molecule has 0 aromatic heterocycles. The van der Waals surface area contributed by atoms with E-state index in [1.54, 1.807) is 0 Å². The molecule has 0 spiro atoms. The van der Waals surface area contributed by atoms with E-state index in [0.717, 1.165) is 44.0 Å². The van der Waals surface area contributed by atoms with Crippen molar-refractivity contribution >= 4 is 29.3 Å². The second-order valence-corrected chi connectivity index (χ2v) is 7.09. The number of nitrogens with zero attached hydrogens (tertiary/aromatic N) is 2. The molecule has 8 nitrogen and oxygen atoms in total. The fourth-order valence-corrected chi connectivity index (χ4v) is 4.13. The quantitative estimate of drug-likeness (QED) is 0.452. The summed E-state index contributed by atoms with van der Waals surface area (Å²) in [4.78, 5) is 36.3. The Labute approximate surface area is 142 Å². The molecule has 0 saturated carbocycles. The number of nitro benzene ring substituents is 1. The fraction of sp³-hybridized carbons (Fsp3) is 0.467. The first-order valence-corrected chi connectivity index (χ1v) is 8.64. The monoisotopic (exact) mass is 350 g/mol. The standard InChI is InChI=1S/C15H18N4O4S/c16-15(21)9-1-2-13(12(3-9)19(22)23)24-8-14(20)18-6-10-4-17-5-11(10)7-18/h1-3,10-11,17H,4-8H2,(H2,16,21)/t10-,11+. The number of hydrogen-bond acceptors (Lipinski definition) is 6. The molecule has 24 heavy (non-hydrogen) atoms. The van der Waals surface area contributed by atoms with Crippen molar-refractivity contribution in [3.63, 3.8) is 0 Å². The number of hydrogen-bond donors (Lipinski definition) is 2. The highest BCUT2D eigenvalue weighted by molar-refractivity contribution is 8.00. The molecule has 2 saturated heterocycles. The molecule has 0 unspecified atom stereocenters. The van der Waals surface area contributed by atoms with E-state index in [1.807, 2.05) is 4.90 Å². The van der Waals surface area contributed by atoms with Crippen LogP contribution in [0.4, 0.5) is 5.69 Å². The summed E-state index contributed by atoms with van der Waals surface area (Å²) in [6.07, 6.45) is 0. The molecule has 3 N–H and O–H groups in total. The number of primary amides is 1. The van der Waals surface area contributed by atoms with Gasteiger partial charge < -0.3 is 16.0 Å². The highest BCUT2D eigenvalue weighted by Gasteiger charge is 2.37. The Morgan fingerprint density at radius 2 is 2.00 bits per heavy atom. The van der Waals surface area contributed by atoms with Crippen molar-refractivity contribution in [1.82, 2.24) is 10.2 Å². The lowest BCUT2D eigenvalue weighted by atomic mass is 10.0. The van der Waals surface area contributed by atoms with Crippen LogP contribution in [0.1, 0.15) is 10.4 Å². The number of nitrogens with one attached hydrogen (secondary N) is 1. The van der Waals surface area contributed by atoms with E-state index in [0.29, 0.717) is 16.7 Å². The smallest absolute Gasteiger partial charge is 0.283 e. The largest absolute Gasteiger partial charge is 0.366 e. The maximum Gasteiger partial charge on any atom is 0.283 e. The van der Waals surface area contributed by atoms with E-state index in [2.05, 4.69) is 5.32 Å². The van der Waals surface area contributed by atoms with E-state index in [-0.39, 0.29) is 22.9 Å². The van der Waals surface area contributed by atoms with Crippen molar-refractivity contribution < 1.29 is 14.5 Å². The van der Waals surface area contributed by atoms with Gasteiger partial charge in [-0.15, -0.1) is 11.8 Å². The maximum absolute atomic E-state index is 12.3. The van der Waals surface area contributed by atoms with Crippen molar-refractivity contribution in [3.05, 3.63) is 33.9 Å². The Morgan fingerprint density at radius 1 is 1.33 bits per heavy atom.